The Kier molecular flexibility index (Phi) is 6.69. The monoisotopic (exact) mass is 241 g/mol. The third-order valence-electron chi connectivity index (χ3n) is 3.05. The summed E-state index contributed by atoms with van der Waals surface area (Å²) in [7, 11) is 1.75. The summed E-state index contributed by atoms with van der Waals surface area (Å²) in [5.74, 6) is 0.559. The molecule has 0 spiro atoms. The van der Waals surface area contributed by atoms with E-state index in [1.54, 1.807) is 7.11 Å². The Bertz CT molecular complexity index is 261. The van der Waals surface area contributed by atoms with Crippen LogP contribution in [0.15, 0.2) is 17.5 Å². The van der Waals surface area contributed by atoms with Crippen LogP contribution in [-0.2, 0) is 11.2 Å². The average Bonchev–Trinajstić information content (AvgIpc) is 2.78. The van der Waals surface area contributed by atoms with Gasteiger partial charge in [0, 0.05) is 24.6 Å². The van der Waals surface area contributed by atoms with Crippen LogP contribution in [0, 0.1) is 5.92 Å². The van der Waals surface area contributed by atoms with Gasteiger partial charge in [0.25, 0.3) is 0 Å². The van der Waals surface area contributed by atoms with E-state index in [1.165, 1.54) is 17.7 Å². The lowest BCUT2D eigenvalue weighted by Crippen LogP contribution is -2.29. The van der Waals surface area contributed by atoms with E-state index < -0.39 is 0 Å². The first kappa shape index (κ1) is 13.7. The number of hydrogen-bond donors (Lipinski definition) is 1. The van der Waals surface area contributed by atoms with Crippen LogP contribution < -0.4 is 5.73 Å². The highest BCUT2D eigenvalue weighted by Crippen LogP contribution is 2.15. The Morgan fingerprint density at radius 3 is 2.88 bits per heavy atom. The van der Waals surface area contributed by atoms with Crippen LogP contribution in [0.2, 0.25) is 0 Å². The molecular weight excluding hydrogens is 218 g/mol. The van der Waals surface area contributed by atoms with E-state index in [0.29, 0.717) is 12.0 Å². The van der Waals surface area contributed by atoms with Gasteiger partial charge < -0.3 is 10.5 Å². The standard InChI is InChI=1S/C13H23NOS/c1-11(8-9-15-2)13(14)7-3-5-12-6-4-10-16-12/h4,6,10-11,13H,3,5,7-9,14H2,1-2H3. The van der Waals surface area contributed by atoms with Crippen molar-refractivity contribution in [3.63, 3.8) is 0 Å². The molecule has 2 nitrogen and oxygen atoms in total. The van der Waals surface area contributed by atoms with Gasteiger partial charge in [-0.25, -0.2) is 0 Å². The highest BCUT2D eigenvalue weighted by molar-refractivity contribution is 7.09. The zero-order chi connectivity index (χ0) is 11.8. The number of aryl methyl sites for hydroxylation is 1. The Balaban J connectivity index is 2.11. The minimum absolute atomic E-state index is 0.315. The molecule has 0 aliphatic carbocycles. The Hall–Kier alpha value is -0.380. The molecular formula is C13H23NOS. The largest absolute Gasteiger partial charge is 0.385 e. The summed E-state index contributed by atoms with van der Waals surface area (Å²) >= 11 is 1.84. The van der Waals surface area contributed by atoms with E-state index in [2.05, 4.69) is 24.4 Å². The van der Waals surface area contributed by atoms with Gasteiger partial charge in [-0.1, -0.05) is 13.0 Å². The van der Waals surface area contributed by atoms with Crippen molar-refractivity contribution in [3.8, 4) is 0 Å². The SMILES string of the molecule is COCCC(C)C(N)CCCc1cccs1. The number of rotatable bonds is 8. The molecule has 2 N–H and O–H groups in total. The summed E-state index contributed by atoms with van der Waals surface area (Å²) < 4.78 is 5.07. The molecule has 92 valence electrons. The van der Waals surface area contributed by atoms with Crippen molar-refractivity contribution in [2.75, 3.05) is 13.7 Å². The second kappa shape index (κ2) is 7.82. The molecule has 0 fully saturated rings. The van der Waals surface area contributed by atoms with E-state index >= 15 is 0 Å². The second-order valence-electron chi connectivity index (χ2n) is 4.39. The van der Waals surface area contributed by atoms with Crippen molar-refractivity contribution in [1.29, 1.82) is 0 Å². The molecule has 0 radical (unpaired) electrons. The van der Waals surface area contributed by atoms with Gasteiger partial charge in [-0.2, -0.15) is 0 Å². The Morgan fingerprint density at radius 2 is 2.25 bits per heavy atom. The molecule has 1 rings (SSSR count). The van der Waals surface area contributed by atoms with Crippen LogP contribution in [0.3, 0.4) is 0 Å². The molecule has 2 unspecified atom stereocenters. The Morgan fingerprint density at radius 1 is 1.44 bits per heavy atom. The van der Waals surface area contributed by atoms with E-state index in [4.69, 9.17) is 10.5 Å². The van der Waals surface area contributed by atoms with Crippen LogP contribution in [0.4, 0.5) is 0 Å². The van der Waals surface area contributed by atoms with Crippen LogP contribution >= 0.6 is 11.3 Å². The maximum atomic E-state index is 6.15. The molecule has 2 atom stereocenters. The van der Waals surface area contributed by atoms with Crippen molar-refractivity contribution in [2.45, 2.75) is 38.6 Å². The summed E-state index contributed by atoms with van der Waals surface area (Å²) in [6.45, 7) is 3.04. The fourth-order valence-electron chi connectivity index (χ4n) is 1.77. The van der Waals surface area contributed by atoms with Gasteiger partial charge in [0.1, 0.15) is 0 Å². The van der Waals surface area contributed by atoms with Gasteiger partial charge in [-0.15, -0.1) is 11.3 Å². The molecule has 0 aliphatic heterocycles. The van der Waals surface area contributed by atoms with Crippen molar-refractivity contribution >= 4 is 11.3 Å². The van der Waals surface area contributed by atoms with Crippen molar-refractivity contribution in [2.24, 2.45) is 11.7 Å². The maximum absolute atomic E-state index is 6.15. The van der Waals surface area contributed by atoms with Gasteiger partial charge in [0.05, 0.1) is 0 Å². The maximum Gasteiger partial charge on any atom is 0.0465 e. The lowest BCUT2D eigenvalue weighted by molar-refractivity contribution is 0.173. The zero-order valence-electron chi connectivity index (χ0n) is 10.3. The van der Waals surface area contributed by atoms with E-state index in [1.807, 2.05) is 11.3 Å². The fraction of sp³-hybridized carbons (Fsp3) is 0.692. The molecule has 0 aromatic carbocycles. The van der Waals surface area contributed by atoms with Crippen LogP contribution in [0.25, 0.3) is 0 Å². The third-order valence-corrected chi connectivity index (χ3v) is 3.99. The number of nitrogens with two attached hydrogens (primary N) is 1. The first-order chi connectivity index (χ1) is 7.74. The molecule has 0 bridgehead atoms. The van der Waals surface area contributed by atoms with Gasteiger partial charge in [0.15, 0.2) is 0 Å². The number of hydrogen-bond acceptors (Lipinski definition) is 3. The molecule has 0 aliphatic rings. The lowest BCUT2D eigenvalue weighted by atomic mass is 9.95. The van der Waals surface area contributed by atoms with Crippen molar-refractivity contribution in [1.82, 2.24) is 0 Å². The lowest BCUT2D eigenvalue weighted by Gasteiger charge is -2.19. The predicted molar refractivity (Wildman–Crippen MR) is 70.9 cm³/mol. The summed E-state index contributed by atoms with van der Waals surface area (Å²) in [5.41, 5.74) is 6.15. The summed E-state index contributed by atoms with van der Waals surface area (Å²) in [6.07, 6.45) is 4.54. The number of ether oxygens (including phenoxy) is 1. The highest BCUT2D eigenvalue weighted by Gasteiger charge is 2.11. The molecule has 16 heavy (non-hydrogen) atoms. The van der Waals surface area contributed by atoms with Crippen LogP contribution in [0.1, 0.15) is 31.1 Å². The minimum atomic E-state index is 0.315. The van der Waals surface area contributed by atoms with Crippen molar-refractivity contribution < 1.29 is 4.74 Å². The third kappa shape index (κ3) is 5.10. The van der Waals surface area contributed by atoms with E-state index in [9.17, 15) is 0 Å². The fourth-order valence-corrected chi connectivity index (χ4v) is 2.52. The number of methoxy groups -OCH3 is 1. The van der Waals surface area contributed by atoms with Crippen molar-refractivity contribution in [3.05, 3.63) is 22.4 Å². The zero-order valence-corrected chi connectivity index (χ0v) is 11.1. The Labute approximate surface area is 103 Å². The van der Waals surface area contributed by atoms with E-state index in [0.717, 1.165) is 19.4 Å². The normalized spacial score (nSPS) is 14.9. The van der Waals surface area contributed by atoms with Gasteiger partial charge in [-0.3, -0.25) is 0 Å². The first-order valence-corrected chi connectivity index (χ1v) is 6.89. The smallest absolute Gasteiger partial charge is 0.0465 e. The predicted octanol–water partition coefficient (Wildman–Crippen LogP) is 3.07. The van der Waals surface area contributed by atoms with Crippen LogP contribution in [0.5, 0.6) is 0 Å². The van der Waals surface area contributed by atoms with Crippen LogP contribution in [-0.4, -0.2) is 19.8 Å². The van der Waals surface area contributed by atoms with Gasteiger partial charge in [0.2, 0.25) is 0 Å². The van der Waals surface area contributed by atoms with Gasteiger partial charge in [-0.05, 0) is 43.0 Å². The van der Waals surface area contributed by atoms with E-state index in [-0.39, 0.29) is 0 Å². The number of thiophene rings is 1. The summed E-state index contributed by atoms with van der Waals surface area (Å²) in [6, 6.07) is 4.63. The van der Waals surface area contributed by atoms with Gasteiger partial charge >= 0.3 is 0 Å². The molecule has 0 saturated heterocycles. The molecule has 1 aromatic heterocycles. The molecule has 1 aromatic rings. The molecule has 1 heterocycles. The molecule has 0 saturated carbocycles. The summed E-state index contributed by atoms with van der Waals surface area (Å²) in [4.78, 5) is 1.47. The first-order valence-electron chi connectivity index (χ1n) is 6.01. The summed E-state index contributed by atoms with van der Waals surface area (Å²) in [5, 5.41) is 2.14. The molecule has 0 amide bonds. The minimum Gasteiger partial charge on any atom is -0.385 e. The topological polar surface area (TPSA) is 35.2 Å². The quantitative estimate of drug-likeness (QED) is 0.759. The second-order valence-corrected chi connectivity index (χ2v) is 5.43. The molecule has 3 heteroatoms. The average molecular weight is 241 g/mol. The highest BCUT2D eigenvalue weighted by atomic mass is 32.1.